The minimum absolute atomic E-state index is 0.111. The van der Waals surface area contributed by atoms with Gasteiger partial charge >= 0.3 is 5.97 Å². The first kappa shape index (κ1) is 9.27. The summed E-state index contributed by atoms with van der Waals surface area (Å²) >= 11 is 1.95. The van der Waals surface area contributed by atoms with E-state index >= 15 is 0 Å². The van der Waals surface area contributed by atoms with Gasteiger partial charge in [-0.25, -0.2) is 4.79 Å². The van der Waals surface area contributed by atoms with Crippen LogP contribution in [-0.4, -0.2) is 11.1 Å². The fourth-order valence-corrected chi connectivity index (χ4v) is 1.44. The highest BCUT2D eigenvalue weighted by molar-refractivity contribution is 14.1. The topological polar surface area (TPSA) is 72.4 Å². The molecule has 64 valence electrons. The van der Waals surface area contributed by atoms with E-state index in [4.69, 9.17) is 5.11 Å². The van der Waals surface area contributed by atoms with Gasteiger partial charge in [0.05, 0.1) is 5.56 Å². The number of halogens is 1. The number of hydrogen-bond donors (Lipinski definition) is 2. The summed E-state index contributed by atoms with van der Waals surface area (Å²) in [5, 5.41) is 18.8. The van der Waals surface area contributed by atoms with Crippen LogP contribution in [0.4, 0.5) is 5.69 Å². The Kier molecular flexibility index (Phi) is 2.88. The van der Waals surface area contributed by atoms with Crippen LogP contribution < -0.4 is 5.48 Å². The second-order valence-corrected chi connectivity index (χ2v) is 3.38. The van der Waals surface area contributed by atoms with Gasteiger partial charge in [-0.05, 0) is 40.8 Å². The number of nitrogens with one attached hydrogen (secondary N) is 1. The fraction of sp³-hybridized carbons (Fsp3) is 0. The molecule has 1 aromatic carbocycles. The number of carboxylic acid groups (broad SMARTS) is 1. The predicted octanol–water partition coefficient (Wildman–Crippen LogP) is 1.90. The lowest BCUT2D eigenvalue weighted by Gasteiger charge is -2.09. The van der Waals surface area contributed by atoms with E-state index in [1.165, 1.54) is 12.1 Å². The molecule has 1 aromatic rings. The first-order valence-electron chi connectivity index (χ1n) is 3.05. The molecule has 0 aliphatic heterocycles. The van der Waals surface area contributed by atoms with E-state index in [9.17, 15) is 10.0 Å². The number of hydrogen-bond acceptors (Lipinski definition) is 3. The third-order valence-corrected chi connectivity index (χ3v) is 1.89. The van der Waals surface area contributed by atoms with Gasteiger partial charge in [-0.15, -0.1) is 0 Å². The Morgan fingerprint density at radius 3 is 2.67 bits per heavy atom. The summed E-state index contributed by atoms with van der Waals surface area (Å²) in [6, 6.07) is 4.35. The zero-order chi connectivity index (χ0) is 9.14. The van der Waals surface area contributed by atoms with Gasteiger partial charge in [-0.2, -0.15) is 0 Å². The smallest absolute Gasteiger partial charge is 0.335 e. The molecule has 2 N–H and O–H groups in total. The van der Waals surface area contributed by atoms with Crippen molar-refractivity contribution in [2.24, 2.45) is 0 Å². The van der Waals surface area contributed by atoms with Crippen molar-refractivity contribution in [1.29, 1.82) is 0 Å². The molecule has 12 heavy (non-hydrogen) atoms. The molecule has 5 heteroatoms. The van der Waals surface area contributed by atoms with E-state index in [1.807, 2.05) is 22.6 Å². The monoisotopic (exact) mass is 278 g/mol. The number of carbonyl (C=O) groups is 1. The van der Waals surface area contributed by atoms with Crippen LogP contribution in [0.15, 0.2) is 18.2 Å². The average Bonchev–Trinajstić information content (AvgIpc) is 2.03. The Bertz CT molecular complexity index is 314. The largest absolute Gasteiger partial charge is 0.761 e. The Morgan fingerprint density at radius 2 is 2.17 bits per heavy atom. The molecule has 0 aromatic heterocycles. The average molecular weight is 278 g/mol. The number of anilines is 1. The molecule has 0 atom stereocenters. The maximum atomic E-state index is 10.5. The molecule has 4 nitrogen and oxygen atoms in total. The van der Waals surface area contributed by atoms with Gasteiger partial charge in [0.1, 0.15) is 0 Å². The van der Waals surface area contributed by atoms with Crippen LogP contribution in [0.2, 0.25) is 0 Å². The van der Waals surface area contributed by atoms with Crippen molar-refractivity contribution in [2.45, 2.75) is 0 Å². The molecule has 0 spiro atoms. The molecule has 1 rings (SSSR count). The first-order chi connectivity index (χ1) is 5.63. The molecule has 0 aliphatic rings. The molecule has 0 heterocycles. The zero-order valence-corrected chi connectivity index (χ0v) is 8.03. The third-order valence-electron chi connectivity index (χ3n) is 1.26. The van der Waals surface area contributed by atoms with E-state index in [0.717, 1.165) is 0 Å². The molecule has 0 saturated heterocycles. The van der Waals surface area contributed by atoms with Crippen LogP contribution in [0, 0.1) is 8.78 Å². The van der Waals surface area contributed by atoms with Crippen LogP contribution in [0.1, 0.15) is 10.4 Å². The summed E-state index contributed by atoms with van der Waals surface area (Å²) in [6.45, 7) is 0. The molecular formula is C7H5INO3-. The molecule has 0 bridgehead atoms. The number of rotatable bonds is 2. The number of carboxylic acids is 1. The fourth-order valence-electron chi connectivity index (χ4n) is 0.772. The SMILES string of the molecule is O=C(O)c1cc(I)cc(N[O-])c1. The van der Waals surface area contributed by atoms with Crippen molar-refractivity contribution in [1.82, 2.24) is 0 Å². The zero-order valence-electron chi connectivity index (χ0n) is 5.87. The van der Waals surface area contributed by atoms with Crippen LogP contribution in [0.25, 0.3) is 0 Å². The van der Waals surface area contributed by atoms with Crippen molar-refractivity contribution < 1.29 is 9.90 Å². The summed E-state index contributed by atoms with van der Waals surface area (Å²) in [5.41, 5.74) is 2.02. The maximum absolute atomic E-state index is 10.5. The lowest BCUT2D eigenvalue weighted by molar-refractivity contribution is 0.0697. The highest BCUT2D eigenvalue weighted by Gasteiger charge is 2.03. The molecule has 0 amide bonds. The van der Waals surface area contributed by atoms with Crippen molar-refractivity contribution in [3.63, 3.8) is 0 Å². The predicted molar refractivity (Wildman–Crippen MR) is 53.1 cm³/mol. The van der Waals surface area contributed by atoms with Gasteiger partial charge in [0.15, 0.2) is 0 Å². The van der Waals surface area contributed by atoms with Gasteiger partial charge in [0.2, 0.25) is 0 Å². The van der Waals surface area contributed by atoms with Gasteiger partial charge in [0.25, 0.3) is 0 Å². The third kappa shape index (κ3) is 2.08. The molecule has 0 aliphatic carbocycles. The molecule has 0 unspecified atom stereocenters. The summed E-state index contributed by atoms with van der Waals surface area (Å²) in [7, 11) is 0. The Balaban J connectivity index is 3.15. The van der Waals surface area contributed by atoms with Crippen LogP contribution in [-0.2, 0) is 0 Å². The Hall–Kier alpha value is -0.820. The van der Waals surface area contributed by atoms with Crippen LogP contribution >= 0.6 is 22.6 Å². The van der Waals surface area contributed by atoms with Gasteiger partial charge in [0, 0.05) is 9.26 Å². The summed E-state index contributed by atoms with van der Waals surface area (Å²) in [6.07, 6.45) is 0. The number of benzene rings is 1. The summed E-state index contributed by atoms with van der Waals surface area (Å²) < 4.78 is 0.714. The normalized spacial score (nSPS) is 9.50. The van der Waals surface area contributed by atoms with E-state index in [0.29, 0.717) is 3.57 Å². The summed E-state index contributed by atoms with van der Waals surface area (Å²) in [4.78, 5) is 10.5. The van der Waals surface area contributed by atoms with Gasteiger partial charge < -0.3 is 15.8 Å². The van der Waals surface area contributed by atoms with Crippen molar-refractivity contribution >= 4 is 34.2 Å². The highest BCUT2D eigenvalue weighted by Crippen LogP contribution is 2.16. The number of aromatic carboxylic acids is 1. The second-order valence-electron chi connectivity index (χ2n) is 2.14. The van der Waals surface area contributed by atoms with E-state index in [1.54, 1.807) is 11.5 Å². The van der Waals surface area contributed by atoms with Crippen molar-refractivity contribution in [2.75, 3.05) is 5.48 Å². The Morgan fingerprint density at radius 1 is 1.50 bits per heavy atom. The lowest BCUT2D eigenvalue weighted by atomic mass is 10.2. The lowest BCUT2D eigenvalue weighted by Crippen LogP contribution is -1.98. The minimum Gasteiger partial charge on any atom is -0.761 e. The quantitative estimate of drug-likeness (QED) is 0.640. The molecule has 0 radical (unpaired) electrons. The van der Waals surface area contributed by atoms with Crippen LogP contribution in [0.5, 0.6) is 0 Å². The van der Waals surface area contributed by atoms with Crippen LogP contribution in [0.3, 0.4) is 0 Å². The van der Waals surface area contributed by atoms with E-state index < -0.39 is 5.97 Å². The van der Waals surface area contributed by atoms with Crippen molar-refractivity contribution in [3.8, 4) is 0 Å². The van der Waals surface area contributed by atoms with Gasteiger partial charge in [-0.1, -0.05) is 0 Å². The maximum Gasteiger partial charge on any atom is 0.335 e. The second kappa shape index (κ2) is 3.72. The minimum atomic E-state index is -1.04. The van der Waals surface area contributed by atoms with E-state index in [2.05, 4.69) is 0 Å². The van der Waals surface area contributed by atoms with Crippen molar-refractivity contribution in [3.05, 3.63) is 32.5 Å². The van der Waals surface area contributed by atoms with E-state index in [-0.39, 0.29) is 11.3 Å². The van der Waals surface area contributed by atoms with Gasteiger partial charge in [-0.3, -0.25) is 0 Å². The highest BCUT2D eigenvalue weighted by atomic mass is 127. The first-order valence-corrected chi connectivity index (χ1v) is 4.13. The molecule has 0 saturated carbocycles. The Labute approximate surface area is 82.3 Å². The standard InChI is InChI=1S/C7H5INO3/c8-5-1-4(7(10)11)2-6(3-5)9-12/h1-3,9H,(H,10,11)/q-1. The molecular weight excluding hydrogens is 273 g/mol. The summed E-state index contributed by atoms with van der Waals surface area (Å²) in [5.74, 6) is -1.04. The molecule has 0 fully saturated rings.